The number of benzene rings is 1. The van der Waals surface area contributed by atoms with Crippen LogP contribution in [-0.4, -0.2) is 26.5 Å². The number of sulfone groups is 1. The molecule has 4 nitrogen and oxygen atoms in total. The quantitative estimate of drug-likeness (QED) is 0.579. The zero-order chi connectivity index (χ0) is 12.2. The molecule has 0 amide bonds. The number of nitrogens with two attached hydrogens (primary N) is 1. The molecule has 1 atom stereocenters. The minimum Gasteiger partial charge on any atom is -0.271 e. The average molecular weight is 242 g/mol. The molecule has 90 valence electrons. The van der Waals surface area contributed by atoms with Gasteiger partial charge in [0.2, 0.25) is 0 Å². The predicted molar refractivity (Wildman–Crippen MR) is 65.7 cm³/mol. The number of hydrogen-bond acceptors (Lipinski definition) is 4. The summed E-state index contributed by atoms with van der Waals surface area (Å²) in [6, 6.07) is 7.65. The van der Waals surface area contributed by atoms with Crippen LogP contribution in [0, 0.1) is 6.92 Å². The van der Waals surface area contributed by atoms with E-state index in [0.29, 0.717) is 6.42 Å². The van der Waals surface area contributed by atoms with Gasteiger partial charge in [-0.3, -0.25) is 11.3 Å². The number of aryl methyl sites for hydroxylation is 1. The second-order valence-electron chi connectivity index (χ2n) is 4.09. The van der Waals surface area contributed by atoms with Crippen molar-refractivity contribution in [1.29, 1.82) is 0 Å². The van der Waals surface area contributed by atoms with E-state index in [1.54, 1.807) is 0 Å². The van der Waals surface area contributed by atoms with Crippen LogP contribution in [-0.2, 0) is 16.3 Å². The standard InChI is InChI=1S/C11H18N2O2S/c1-9-5-3-4-6-10(9)7-11(13-12)8-16(2,14)15/h3-6,11,13H,7-8,12H2,1-2H3. The van der Waals surface area contributed by atoms with Gasteiger partial charge in [0.25, 0.3) is 0 Å². The molecule has 3 N–H and O–H groups in total. The van der Waals surface area contributed by atoms with Gasteiger partial charge in [-0.25, -0.2) is 8.42 Å². The van der Waals surface area contributed by atoms with E-state index in [1.807, 2.05) is 31.2 Å². The van der Waals surface area contributed by atoms with E-state index in [-0.39, 0.29) is 11.8 Å². The second kappa shape index (κ2) is 5.43. The molecule has 0 spiro atoms. The summed E-state index contributed by atoms with van der Waals surface area (Å²) in [4.78, 5) is 0. The van der Waals surface area contributed by atoms with Crippen LogP contribution >= 0.6 is 0 Å². The van der Waals surface area contributed by atoms with E-state index in [1.165, 1.54) is 6.26 Å². The molecular formula is C11H18N2O2S. The van der Waals surface area contributed by atoms with E-state index in [9.17, 15) is 8.42 Å². The fourth-order valence-electron chi connectivity index (χ4n) is 1.64. The van der Waals surface area contributed by atoms with Crippen molar-refractivity contribution in [2.75, 3.05) is 12.0 Å². The van der Waals surface area contributed by atoms with E-state index >= 15 is 0 Å². The van der Waals surface area contributed by atoms with Crippen molar-refractivity contribution in [1.82, 2.24) is 5.43 Å². The van der Waals surface area contributed by atoms with E-state index in [4.69, 9.17) is 5.84 Å². The molecule has 0 saturated heterocycles. The largest absolute Gasteiger partial charge is 0.271 e. The minimum atomic E-state index is -3.01. The van der Waals surface area contributed by atoms with Crippen molar-refractivity contribution < 1.29 is 8.42 Å². The first-order valence-corrected chi connectivity index (χ1v) is 7.17. The fraction of sp³-hybridized carbons (Fsp3) is 0.455. The van der Waals surface area contributed by atoms with Gasteiger partial charge in [-0.1, -0.05) is 24.3 Å². The molecular weight excluding hydrogens is 224 g/mol. The summed E-state index contributed by atoms with van der Waals surface area (Å²) < 4.78 is 22.4. The lowest BCUT2D eigenvalue weighted by atomic mass is 10.0. The highest BCUT2D eigenvalue weighted by atomic mass is 32.2. The van der Waals surface area contributed by atoms with E-state index < -0.39 is 9.84 Å². The molecule has 1 aromatic carbocycles. The Kier molecular flexibility index (Phi) is 4.46. The maximum Gasteiger partial charge on any atom is 0.149 e. The Morgan fingerprint density at radius 2 is 2.00 bits per heavy atom. The summed E-state index contributed by atoms with van der Waals surface area (Å²) in [5.74, 6) is 5.42. The zero-order valence-electron chi connectivity index (χ0n) is 9.60. The van der Waals surface area contributed by atoms with Gasteiger partial charge < -0.3 is 0 Å². The molecule has 0 aliphatic rings. The first-order chi connectivity index (χ1) is 7.42. The topological polar surface area (TPSA) is 72.2 Å². The van der Waals surface area contributed by atoms with Gasteiger partial charge in [-0.2, -0.15) is 0 Å². The van der Waals surface area contributed by atoms with Crippen LogP contribution in [0.15, 0.2) is 24.3 Å². The molecule has 5 heteroatoms. The highest BCUT2D eigenvalue weighted by Gasteiger charge is 2.15. The van der Waals surface area contributed by atoms with Crippen LogP contribution in [0.25, 0.3) is 0 Å². The summed E-state index contributed by atoms with van der Waals surface area (Å²) >= 11 is 0. The summed E-state index contributed by atoms with van der Waals surface area (Å²) in [7, 11) is -3.01. The third kappa shape index (κ3) is 4.30. The van der Waals surface area contributed by atoms with Crippen LogP contribution < -0.4 is 11.3 Å². The van der Waals surface area contributed by atoms with Crippen LogP contribution in [0.3, 0.4) is 0 Å². The van der Waals surface area contributed by atoms with Gasteiger partial charge in [0.15, 0.2) is 0 Å². The minimum absolute atomic E-state index is 0.0534. The normalized spacial score (nSPS) is 13.7. The van der Waals surface area contributed by atoms with Crippen molar-refractivity contribution in [3.05, 3.63) is 35.4 Å². The predicted octanol–water partition coefficient (Wildman–Crippen LogP) is 0.414. The molecule has 0 fully saturated rings. The van der Waals surface area contributed by atoms with Crippen LogP contribution in [0.5, 0.6) is 0 Å². The Labute approximate surface area is 96.7 Å². The summed E-state index contributed by atoms with van der Waals surface area (Å²) in [5, 5.41) is 0. The molecule has 0 bridgehead atoms. The second-order valence-corrected chi connectivity index (χ2v) is 6.27. The molecule has 0 saturated carbocycles. The highest BCUT2D eigenvalue weighted by Crippen LogP contribution is 2.10. The van der Waals surface area contributed by atoms with E-state index in [2.05, 4.69) is 5.43 Å². The Bertz CT molecular complexity index is 443. The van der Waals surface area contributed by atoms with Crippen LogP contribution in [0.4, 0.5) is 0 Å². The molecule has 16 heavy (non-hydrogen) atoms. The number of hydrazine groups is 1. The number of hydrogen-bond donors (Lipinski definition) is 2. The van der Waals surface area contributed by atoms with E-state index in [0.717, 1.165) is 11.1 Å². The third-order valence-corrected chi connectivity index (χ3v) is 3.48. The Balaban J connectivity index is 2.75. The van der Waals surface area contributed by atoms with Crippen molar-refractivity contribution in [2.24, 2.45) is 5.84 Å². The highest BCUT2D eigenvalue weighted by molar-refractivity contribution is 7.90. The van der Waals surface area contributed by atoms with Gasteiger partial charge in [0.1, 0.15) is 9.84 Å². The van der Waals surface area contributed by atoms with Crippen LogP contribution in [0.2, 0.25) is 0 Å². The maximum atomic E-state index is 11.2. The first-order valence-electron chi connectivity index (χ1n) is 5.11. The Morgan fingerprint density at radius 3 is 2.50 bits per heavy atom. The smallest absolute Gasteiger partial charge is 0.149 e. The molecule has 0 heterocycles. The van der Waals surface area contributed by atoms with Gasteiger partial charge in [0.05, 0.1) is 5.75 Å². The Hall–Kier alpha value is -0.910. The average Bonchev–Trinajstić information content (AvgIpc) is 2.18. The summed E-state index contributed by atoms with van der Waals surface area (Å²) in [5.41, 5.74) is 4.82. The Morgan fingerprint density at radius 1 is 1.38 bits per heavy atom. The molecule has 0 aromatic heterocycles. The van der Waals surface area contributed by atoms with Crippen molar-refractivity contribution in [3.8, 4) is 0 Å². The summed E-state index contributed by atoms with van der Waals surface area (Å²) in [6.45, 7) is 2.00. The fourth-order valence-corrected chi connectivity index (χ4v) is 2.58. The summed E-state index contributed by atoms with van der Waals surface area (Å²) in [6.07, 6.45) is 1.84. The molecule has 1 aromatic rings. The van der Waals surface area contributed by atoms with Gasteiger partial charge in [-0.15, -0.1) is 0 Å². The lowest BCUT2D eigenvalue weighted by Gasteiger charge is -2.16. The first kappa shape index (κ1) is 13.2. The number of nitrogens with one attached hydrogen (secondary N) is 1. The van der Waals surface area contributed by atoms with Gasteiger partial charge >= 0.3 is 0 Å². The lowest BCUT2D eigenvalue weighted by Crippen LogP contribution is -2.41. The molecule has 0 aliphatic carbocycles. The van der Waals surface area contributed by atoms with Gasteiger partial charge in [-0.05, 0) is 24.5 Å². The van der Waals surface area contributed by atoms with Crippen molar-refractivity contribution in [3.63, 3.8) is 0 Å². The lowest BCUT2D eigenvalue weighted by molar-refractivity contribution is 0.545. The van der Waals surface area contributed by atoms with Crippen LogP contribution in [0.1, 0.15) is 11.1 Å². The third-order valence-electron chi connectivity index (χ3n) is 2.47. The molecule has 0 radical (unpaired) electrons. The monoisotopic (exact) mass is 242 g/mol. The molecule has 0 aliphatic heterocycles. The molecule has 1 unspecified atom stereocenters. The van der Waals surface area contributed by atoms with Crippen molar-refractivity contribution >= 4 is 9.84 Å². The molecule has 1 rings (SSSR count). The maximum absolute atomic E-state index is 11.2. The zero-order valence-corrected chi connectivity index (χ0v) is 10.4. The van der Waals surface area contributed by atoms with Gasteiger partial charge in [0, 0.05) is 12.3 Å². The SMILES string of the molecule is Cc1ccccc1CC(CS(C)(=O)=O)NN. The van der Waals surface area contributed by atoms with Crippen molar-refractivity contribution in [2.45, 2.75) is 19.4 Å². The number of rotatable bonds is 5.